The van der Waals surface area contributed by atoms with Crippen molar-refractivity contribution in [3.05, 3.63) is 75.8 Å². The largest absolute Gasteiger partial charge is 0.346 e. The van der Waals surface area contributed by atoms with Gasteiger partial charge < -0.3 is 5.32 Å². The number of halogens is 2. The van der Waals surface area contributed by atoms with Crippen LogP contribution in [0.4, 0.5) is 0 Å². The van der Waals surface area contributed by atoms with Crippen LogP contribution in [0.15, 0.2) is 54.6 Å². The SMILES string of the molecule is C[C@@H](NC(=O)/C=C/c1ccc(Cl)c(Cl)c1)c1ccccc1. The molecule has 2 aromatic carbocycles. The normalized spacial score (nSPS) is 12.3. The van der Waals surface area contributed by atoms with Crippen molar-refractivity contribution in [3.63, 3.8) is 0 Å². The number of hydrogen-bond acceptors (Lipinski definition) is 1. The maximum absolute atomic E-state index is 11.9. The van der Waals surface area contributed by atoms with Crippen molar-refractivity contribution in [1.29, 1.82) is 0 Å². The third-order valence-electron chi connectivity index (χ3n) is 3.03. The Bertz CT molecular complexity index is 653. The Labute approximate surface area is 134 Å². The van der Waals surface area contributed by atoms with Crippen LogP contribution in [0.2, 0.25) is 10.0 Å². The Hall–Kier alpha value is -1.77. The quantitative estimate of drug-likeness (QED) is 0.799. The fourth-order valence-corrected chi connectivity index (χ4v) is 2.18. The van der Waals surface area contributed by atoms with Crippen molar-refractivity contribution in [2.24, 2.45) is 0 Å². The molecule has 0 bridgehead atoms. The van der Waals surface area contributed by atoms with E-state index in [2.05, 4.69) is 5.32 Å². The Morgan fingerprint density at radius 3 is 2.48 bits per heavy atom. The molecule has 108 valence electrons. The molecule has 0 aliphatic heterocycles. The number of nitrogens with one attached hydrogen (secondary N) is 1. The maximum Gasteiger partial charge on any atom is 0.244 e. The first-order valence-corrected chi connectivity index (χ1v) is 7.30. The van der Waals surface area contributed by atoms with Gasteiger partial charge in [0.2, 0.25) is 5.91 Å². The topological polar surface area (TPSA) is 29.1 Å². The lowest BCUT2D eigenvalue weighted by molar-refractivity contribution is -0.117. The molecule has 0 radical (unpaired) electrons. The molecule has 1 N–H and O–H groups in total. The van der Waals surface area contributed by atoms with E-state index < -0.39 is 0 Å². The zero-order chi connectivity index (χ0) is 15.2. The summed E-state index contributed by atoms with van der Waals surface area (Å²) in [7, 11) is 0. The van der Waals surface area contributed by atoms with Crippen molar-refractivity contribution in [2.45, 2.75) is 13.0 Å². The van der Waals surface area contributed by atoms with E-state index in [1.165, 1.54) is 6.08 Å². The minimum Gasteiger partial charge on any atom is -0.346 e. The number of rotatable bonds is 4. The maximum atomic E-state index is 11.9. The van der Waals surface area contributed by atoms with E-state index in [0.29, 0.717) is 10.0 Å². The van der Waals surface area contributed by atoms with Crippen LogP contribution >= 0.6 is 23.2 Å². The van der Waals surface area contributed by atoms with Gasteiger partial charge >= 0.3 is 0 Å². The molecule has 1 atom stereocenters. The lowest BCUT2D eigenvalue weighted by Gasteiger charge is -2.12. The highest BCUT2D eigenvalue weighted by molar-refractivity contribution is 6.42. The summed E-state index contributed by atoms with van der Waals surface area (Å²) >= 11 is 11.8. The third-order valence-corrected chi connectivity index (χ3v) is 3.77. The van der Waals surface area contributed by atoms with E-state index in [4.69, 9.17) is 23.2 Å². The molecule has 0 aliphatic carbocycles. The van der Waals surface area contributed by atoms with Gasteiger partial charge in [0.25, 0.3) is 0 Å². The first-order chi connectivity index (χ1) is 10.1. The van der Waals surface area contributed by atoms with Gasteiger partial charge in [-0.15, -0.1) is 0 Å². The number of hydrogen-bond donors (Lipinski definition) is 1. The zero-order valence-corrected chi connectivity index (χ0v) is 13.0. The molecule has 1 amide bonds. The summed E-state index contributed by atoms with van der Waals surface area (Å²) in [5.41, 5.74) is 1.89. The van der Waals surface area contributed by atoms with Gasteiger partial charge in [-0.25, -0.2) is 0 Å². The Balaban J connectivity index is 1.98. The van der Waals surface area contributed by atoms with Gasteiger partial charge in [-0.2, -0.15) is 0 Å². The van der Waals surface area contributed by atoms with E-state index in [1.54, 1.807) is 24.3 Å². The van der Waals surface area contributed by atoms with E-state index >= 15 is 0 Å². The van der Waals surface area contributed by atoms with Crippen LogP contribution in [0, 0.1) is 0 Å². The van der Waals surface area contributed by atoms with E-state index in [-0.39, 0.29) is 11.9 Å². The standard InChI is InChI=1S/C17H15Cl2NO/c1-12(14-5-3-2-4-6-14)20-17(21)10-8-13-7-9-15(18)16(19)11-13/h2-12H,1H3,(H,20,21)/b10-8+/t12-/m1/s1. The summed E-state index contributed by atoms with van der Waals surface area (Å²) in [4.78, 5) is 11.9. The molecule has 0 unspecified atom stereocenters. The molecule has 0 spiro atoms. The summed E-state index contributed by atoms with van der Waals surface area (Å²) in [5, 5.41) is 3.87. The Kier molecular flexibility index (Phi) is 5.43. The van der Waals surface area contributed by atoms with Gasteiger partial charge in [0.1, 0.15) is 0 Å². The summed E-state index contributed by atoms with van der Waals surface area (Å²) in [6.07, 6.45) is 3.19. The predicted octanol–water partition coefficient (Wildman–Crippen LogP) is 4.88. The van der Waals surface area contributed by atoms with Crippen molar-refractivity contribution in [1.82, 2.24) is 5.32 Å². The molecular formula is C17H15Cl2NO. The Morgan fingerprint density at radius 2 is 1.81 bits per heavy atom. The Morgan fingerprint density at radius 1 is 1.10 bits per heavy atom. The molecule has 2 rings (SSSR count). The second-order valence-electron chi connectivity index (χ2n) is 4.65. The molecule has 21 heavy (non-hydrogen) atoms. The van der Waals surface area contributed by atoms with Crippen LogP contribution in [0.1, 0.15) is 24.1 Å². The van der Waals surface area contributed by atoms with Gasteiger partial charge in [0.05, 0.1) is 16.1 Å². The highest BCUT2D eigenvalue weighted by Gasteiger charge is 2.06. The molecule has 2 nitrogen and oxygen atoms in total. The minimum absolute atomic E-state index is 0.0443. The monoisotopic (exact) mass is 319 g/mol. The smallest absolute Gasteiger partial charge is 0.244 e. The zero-order valence-electron chi connectivity index (χ0n) is 11.5. The summed E-state index contributed by atoms with van der Waals surface area (Å²) in [6, 6.07) is 15.0. The first-order valence-electron chi connectivity index (χ1n) is 6.55. The summed E-state index contributed by atoms with van der Waals surface area (Å²) < 4.78 is 0. The molecule has 2 aromatic rings. The number of carbonyl (C=O) groups excluding carboxylic acids is 1. The fourth-order valence-electron chi connectivity index (χ4n) is 1.87. The third kappa shape index (κ3) is 4.62. The van der Waals surface area contributed by atoms with Crippen LogP contribution in [0.25, 0.3) is 6.08 Å². The number of carbonyl (C=O) groups is 1. The molecule has 0 aliphatic rings. The van der Waals surface area contributed by atoms with Crippen LogP contribution in [0.3, 0.4) is 0 Å². The van der Waals surface area contributed by atoms with E-state index in [9.17, 15) is 4.79 Å². The average Bonchev–Trinajstić information content (AvgIpc) is 2.49. The molecular weight excluding hydrogens is 305 g/mol. The minimum atomic E-state index is -0.155. The lowest BCUT2D eigenvalue weighted by Crippen LogP contribution is -2.24. The van der Waals surface area contributed by atoms with Gasteiger partial charge in [0, 0.05) is 6.08 Å². The van der Waals surface area contributed by atoms with Gasteiger partial charge in [-0.05, 0) is 36.3 Å². The van der Waals surface area contributed by atoms with Crippen molar-refractivity contribution >= 4 is 35.2 Å². The van der Waals surface area contributed by atoms with E-state index in [1.807, 2.05) is 37.3 Å². The van der Waals surface area contributed by atoms with Gasteiger partial charge in [-0.1, -0.05) is 59.6 Å². The second-order valence-corrected chi connectivity index (χ2v) is 5.46. The van der Waals surface area contributed by atoms with Crippen molar-refractivity contribution in [2.75, 3.05) is 0 Å². The second kappa shape index (κ2) is 7.30. The lowest BCUT2D eigenvalue weighted by atomic mass is 10.1. The van der Waals surface area contributed by atoms with Crippen LogP contribution < -0.4 is 5.32 Å². The fraction of sp³-hybridized carbons (Fsp3) is 0.118. The highest BCUT2D eigenvalue weighted by atomic mass is 35.5. The van der Waals surface area contributed by atoms with Crippen LogP contribution in [-0.4, -0.2) is 5.91 Å². The molecule has 0 heterocycles. The van der Waals surface area contributed by atoms with Crippen LogP contribution in [0.5, 0.6) is 0 Å². The van der Waals surface area contributed by atoms with Gasteiger partial charge in [0.15, 0.2) is 0 Å². The summed E-state index contributed by atoms with van der Waals surface area (Å²) in [6.45, 7) is 1.94. The molecule has 0 aromatic heterocycles. The van der Waals surface area contributed by atoms with E-state index in [0.717, 1.165) is 11.1 Å². The summed E-state index contributed by atoms with van der Waals surface area (Å²) in [5.74, 6) is -0.155. The molecule has 4 heteroatoms. The van der Waals surface area contributed by atoms with Crippen molar-refractivity contribution < 1.29 is 4.79 Å². The predicted molar refractivity (Wildman–Crippen MR) is 88.5 cm³/mol. The number of amides is 1. The molecule has 0 saturated carbocycles. The van der Waals surface area contributed by atoms with Crippen LogP contribution in [-0.2, 0) is 4.79 Å². The number of benzene rings is 2. The molecule has 0 fully saturated rings. The van der Waals surface area contributed by atoms with Gasteiger partial charge in [-0.3, -0.25) is 4.79 Å². The van der Waals surface area contributed by atoms with Crippen molar-refractivity contribution in [3.8, 4) is 0 Å². The highest BCUT2D eigenvalue weighted by Crippen LogP contribution is 2.23. The molecule has 0 saturated heterocycles. The first kappa shape index (κ1) is 15.6. The average molecular weight is 320 g/mol.